The monoisotopic (exact) mass is 476 g/mol. The summed E-state index contributed by atoms with van der Waals surface area (Å²) < 4.78 is 13.1. The molecule has 1 fully saturated rings. The number of hydrogen-bond acceptors (Lipinski definition) is 6. The van der Waals surface area contributed by atoms with Gasteiger partial charge in [-0.2, -0.15) is 0 Å². The summed E-state index contributed by atoms with van der Waals surface area (Å²) in [5.74, 6) is 1.02. The lowest BCUT2D eigenvalue weighted by molar-refractivity contribution is 0.0937. The number of carbonyl (C=O) groups is 1. The van der Waals surface area contributed by atoms with Gasteiger partial charge in [0.05, 0.1) is 23.6 Å². The predicted octanol–water partition coefficient (Wildman–Crippen LogP) is 4.01. The van der Waals surface area contributed by atoms with Crippen LogP contribution in [-0.4, -0.2) is 27.0 Å². The number of aromatic amines is 1. The van der Waals surface area contributed by atoms with Crippen molar-refractivity contribution >= 4 is 27.9 Å². The smallest absolute Gasteiger partial charge is 0.329 e. The zero-order valence-corrected chi connectivity index (χ0v) is 20.0. The highest BCUT2D eigenvalue weighted by molar-refractivity contribution is 6.05. The van der Waals surface area contributed by atoms with Crippen molar-refractivity contribution in [2.45, 2.75) is 58.5 Å². The summed E-state index contributed by atoms with van der Waals surface area (Å²) in [5, 5.41) is 3.95. The van der Waals surface area contributed by atoms with Gasteiger partial charge in [0.2, 0.25) is 0 Å². The van der Waals surface area contributed by atoms with Crippen LogP contribution < -0.4 is 21.3 Å². The van der Waals surface area contributed by atoms with E-state index in [2.05, 4.69) is 15.3 Å². The van der Waals surface area contributed by atoms with E-state index in [0.29, 0.717) is 36.7 Å². The summed E-state index contributed by atoms with van der Waals surface area (Å²) in [6.07, 6.45) is 2.63. The number of fused-ring (bicyclic) bond motifs is 2. The number of H-pyrrole nitrogens is 1. The average Bonchev–Trinajstić information content (AvgIpc) is 3.59. The molecule has 3 aromatic heterocycles. The topological polar surface area (TPSA) is 119 Å². The highest BCUT2D eigenvalue weighted by atomic mass is 16.5. The van der Waals surface area contributed by atoms with Gasteiger partial charge in [0.25, 0.3) is 11.5 Å². The molecule has 182 valence electrons. The second kappa shape index (κ2) is 9.05. The largest absolute Gasteiger partial charge is 0.490 e. The van der Waals surface area contributed by atoms with Crippen LogP contribution in [-0.2, 0) is 6.54 Å². The molecule has 1 aliphatic rings. The molecule has 1 unspecified atom stereocenters. The molecule has 9 heteroatoms. The van der Waals surface area contributed by atoms with Gasteiger partial charge in [0.1, 0.15) is 5.76 Å². The zero-order chi connectivity index (χ0) is 24.7. The number of nitrogens with one attached hydrogen (secondary N) is 2. The summed E-state index contributed by atoms with van der Waals surface area (Å²) in [7, 11) is 0. The molecule has 1 atom stereocenters. The van der Waals surface area contributed by atoms with Crippen molar-refractivity contribution in [1.82, 2.24) is 19.9 Å². The van der Waals surface area contributed by atoms with E-state index in [1.54, 1.807) is 6.07 Å². The van der Waals surface area contributed by atoms with Crippen LogP contribution in [0.15, 0.2) is 44.3 Å². The molecule has 1 saturated carbocycles. The molecule has 0 aliphatic heterocycles. The van der Waals surface area contributed by atoms with Crippen LogP contribution in [0.25, 0.3) is 22.0 Å². The molecular formula is C26H28N4O5. The molecule has 4 aromatic rings. The maximum Gasteiger partial charge on any atom is 0.329 e. The number of carbonyl (C=O) groups excluding carboxylic acids is 1. The maximum absolute atomic E-state index is 13.5. The van der Waals surface area contributed by atoms with Crippen LogP contribution in [0.5, 0.6) is 5.75 Å². The Morgan fingerprint density at radius 1 is 1.29 bits per heavy atom. The van der Waals surface area contributed by atoms with Gasteiger partial charge in [-0.1, -0.05) is 19.1 Å². The molecule has 5 rings (SSSR count). The first-order valence-electron chi connectivity index (χ1n) is 12.0. The lowest BCUT2D eigenvalue weighted by Crippen LogP contribution is -2.34. The van der Waals surface area contributed by atoms with E-state index < -0.39 is 23.2 Å². The van der Waals surface area contributed by atoms with Crippen molar-refractivity contribution < 1.29 is 13.9 Å². The number of nitrogens with zero attached hydrogens (tertiary/aromatic N) is 2. The van der Waals surface area contributed by atoms with Crippen LogP contribution in [0.4, 0.5) is 0 Å². The van der Waals surface area contributed by atoms with E-state index in [1.165, 1.54) is 4.57 Å². The third-order valence-electron chi connectivity index (χ3n) is 6.26. The van der Waals surface area contributed by atoms with Crippen LogP contribution >= 0.6 is 0 Å². The highest BCUT2D eigenvalue weighted by Gasteiger charge is 2.29. The normalized spacial score (nSPS) is 14.4. The Labute approximate surface area is 201 Å². The molecule has 2 N–H and O–H groups in total. The minimum atomic E-state index is -0.616. The summed E-state index contributed by atoms with van der Waals surface area (Å²) >= 11 is 0. The second-order valence-electron chi connectivity index (χ2n) is 8.93. The van der Waals surface area contributed by atoms with E-state index in [1.807, 2.05) is 45.0 Å². The first-order chi connectivity index (χ1) is 16.9. The standard InChI is InChI=1S/C26H28N4O5/c1-4-11-30-23-21(25(32)29-26(30)33)17(13-18(28-23)15-9-10-15)24(31)27-14(3)20-12-16-7-6-8-19(34-5-2)22(16)35-20/h6-8,12-15H,4-5,9-11H2,1-3H3,(H,27,31)(H,29,32,33). The minimum Gasteiger partial charge on any atom is -0.490 e. The van der Waals surface area contributed by atoms with Crippen LogP contribution in [0, 0.1) is 0 Å². The average molecular weight is 477 g/mol. The van der Waals surface area contributed by atoms with Gasteiger partial charge < -0.3 is 14.5 Å². The SMILES string of the molecule is CCCn1c(=O)[nH]c(=O)c2c(C(=O)NC(C)c3cc4cccc(OCC)c4o3)cc(C3CC3)nc21. The van der Waals surface area contributed by atoms with E-state index in [4.69, 9.17) is 9.15 Å². The summed E-state index contributed by atoms with van der Waals surface area (Å²) in [5.41, 5.74) is 0.687. The molecule has 3 heterocycles. The van der Waals surface area contributed by atoms with Crippen molar-refractivity contribution in [3.05, 3.63) is 68.2 Å². The number of para-hydroxylation sites is 1. The van der Waals surface area contributed by atoms with E-state index in [9.17, 15) is 14.4 Å². The number of aryl methyl sites for hydroxylation is 1. The van der Waals surface area contributed by atoms with Crippen LogP contribution in [0.3, 0.4) is 0 Å². The van der Waals surface area contributed by atoms with Crippen molar-refractivity contribution in [1.29, 1.82) is 0 Å². The number of aromatic nitrogens is 3. The van der Waals surface area contributed by atoms with E-state index in [-0.39, 0.29) is 22.5 Å². The maximum atomic E-state index is 13.5. The quantitative estimate of drug-likeness (QED) is 0.397. The lowest BCUT2D eigenvalue weighted by Gasteiger charge is -2.15. The Bertz CT molecular complexity index is 1540. The lowest BCUT2D eigenvalue weighted by atomic mass is 10.1. The number of rotatable bonds is 8. The molecule has 1 aliphatic carbocycles. The molecule has 0 radical (unpaired) electrons. The fourth-order valence-electron chi connectivity index (χ4n) is 4.38. The molecule has 1 aromatic carbocycles. The number of pyridine rings is 1. The van der Waals surface area contributed by atoms with E-state index >= 15 is 0 Å². The third kappa shape index (κ3) is 4.22. The fourth-order valence-corrected chi connectivity index (χ4v) is 4.38. The van der Waals surface area contributed by atoms with Gasteiger partial charge >= 0.3 is 5.69 Å². The summed E-state index contributed by atoms with van der Waals surface area (Å²) in [6, 6.07) is 8.73. The van der Waals surface area contributed by atoms with Crippen LogP contribution in [0.1, 0.15) is 73.8 Å². The summed E-state index contributed by atoms with van der Waals surface area (Å²) in [4.78, 5) is 45.8. The van der Waals surface area contributed by atoms with Crippen molar-refractivity contribution in [3.8, 4) is 5.75 Å². The Morgan fingerprint density at radius 2 is 2.09 bits per heavy atom. The van der Waals surface area contributed by atoms with Gasteiger partial charge in [0, 0.05) is 23.5 Å². The third-order valence-corrected chi connectivity index (χ3v) is 6.26. The number of amides is 1. The van der Waals surface area contributed by atoms with Gasteiger partial charge in [-0.25, -0.2) is 9.78 Å². The molecule has 9 nitrogen and oxygen atoms in total. The molecule has 0 saturated heterocycles. The Hall–Kier alpha value is -3.88. The number of hydrogen-bond donors (Lipinski definition) is 2. The second-order valence-corrected chi connectivity index (χ2v) is 8.93. The highest BCUT2D eigenvalue weighted by Crippen LogP contribution is 2.40. The first kappa shape index (κ1) is 22.9. The van der Waals surface area contributed by atoms with Crippen molar-refractivity contribution in [3.63, 3.8) is 0 Å². The number of furan rings is 1. The van der Waals surface area contributed by atoms with Crippen molar-refractivity contribution in [2.24, 2.45) is 0 Å². The van der Waals surface area contributed by atoms with Crippen molar-refractivity contribution in [2.75, 3.05) is 6.61 Å². The Kier molecular flexibility index (Phi) is 5.92. The Balaban J connectivity index is 1.55. The van der Waals surface area contributed by atoms with Gasteiger partial charge in [-0.15, -0.1) is 0 Å². The minimum absolute atomic E-state index is 0.121. The van der Waals surface area contributed by atoms with E-state index in [0.717, 1.165) is 23.9 Å². The van der Waals surface area contributed by atoms with Crippen LogP contribution in [0.2, 0.25) is 0 Å². The van der Waals surface area contributed by atoms with Gasteiger partial charge in [0.15, 0.2) is 17.0 Å². The molecule has 35 heavy (non-hydrogen) atoms. The van der Waals surface area contributed by atoms with Gasteiger partial charge in [-0.3, -0.25) is 19.1 Å². The number of ether oxygens (including phenoxy) is 1. The summed E-state index contributed by atoms with van der Waals surface area (Å²) in [6.45, 7) is 6.57. The Morgan fingerprint density at radius 3 is 2.80 bits per heavy atom. The molecule has 0 bridgehead atoms. The molecular weight excluding hydrogens is 448 g/mol. The number of benzene rings is 1. The fraction of sp³-hybridized carbons (Fsp3) is 0.385. The molecule has 0 spiro atoms. The first-order valence-corrected chi connectivity index (χ1v) is 12.0. The molecule has 1 amide bonds. The van der Waals surface area contributed by atoms with Gasteiger partial charge in [-0.05, 0) is 51.3 Å². The zero-order valence-electron chi connectivity index (χ0n) is 20.0. The predicted molar refractivity (Wildman–Crippen MR) is 132 cm³/mol.